The summed E-state index contributed by atoms with van der Waals surface area (Å²) in [6.45, 7) is 3.09. The number of likely N-dealkylation sites (N-methyl/N-ethyl adjacent to an activating group) is 1. The predicted molar refractivity (Wildman–Crippen MR) is 77.3 cm³/mol. The van der Waals surface area contributed by atoms with Gasteiger partial charge in [0.15, 0.2) is 0 Å². The summed E-state index contributed by atoms with van der Waals surface area (Å²) in [7, 11) is 1.96. The van der Waals surface area contributed by atoms with Gasteiger partial charge in [0.1, 0.15) is 0 Å². The molecule has 0 saturated carbocycles. The predicted octanol–water partition coefficient (Wildman–Crippen LogP) is 2.36. The van der Waals surface area contributed by atoms with Crippen LogP contribution in [0.25, 0.3) is 0 Å². The molecule has 0 aliphatic carbocycles. The van der Waals surface area contributed by atoms with Crippen LogP contribution in [0.2, 0.25) is 0 Å². The van der Waals surface area contributed by atoms with Gasteiger partial charge in [-0.1, -0.05) is 30.3 Å². The van der Waals surface area contributed by atoms with Crippen molar-refractivity contribution in [3.05, 3.63) is 41.7 Å². The van der Waals surface area contributed by atoms with Crippen LogP contribution in [0, 0.1) is 0 Å². The first-order valence-corrected chi connectivity index (χ1v) is 7.59. The first kappa shape index (κ1) is 12.7. The Hall–Kier alpha value is -1.33. The van der Waals surface area contributed by atoms with E-state index in [0.29, 0.717) is 5.92 Å². The molecular formula is C14H18N4S. The first-order valence-electron chi connectivity index (χ1n) is 6.61. The maximum absolute atomic E-state index is 4.07. The molecule has 0 saturated heterocycles. The van der Waals surface area contributed by atoms with Crippen LogP contribution in [0.3, 0.4) is 0 Å². The van der Waals surface area contributed by atoms with Crippen LogP contribution in [0.15, 0.2) is 35.4 Å². The monoisotopic (exact) mass is 274 g/mol. The van der Waals surface area contributed by atoms with Crippen molar-refractivity contribution in [3.8, 4) is 0 Å². The van der Waals surface area contributed by atoms with E-state index in [9.17, 15) is 0 Å². The number of aromatic nitrogens is 3. The van der Waals surface area contributed by atoms with Crippen LogP contribution in [-0.4, -0.2) is 27.3 Å². The molecule has 0 amide bonds. The molecule has 2 heterocycles. The van der Waals surface area contributed by atoms with Gasteiger partial charge in [-0.05, 0) is 18.2 Å². The number of aryl methyl sites for hydroxylation is 1. The molecule has 3 rings (SSSR count). The average molecular weight is 274 g/mol. The summed E-state index contributed by atoms with van der Waals surface area (Å²) < 4.78 is 1.87. The second-order valence-electron chi connectivity index (χ2n) is 4.77. The van der Waals surface area contributed by atoms with Gasteiger partial charge in [-0.15, -0.1) is 16.9 Å². The third kappa shape index (κ3) is 2.28. The topological polar surface area (TPSA) is 42.7 Å². The van der Waals surface area contributed by atoms with E-state index in [1.807, 2.05) is 29.7 Å². The number of fused-ring (bicyclic) bond motifs is 1. The molecule has 2 atom stereocenters. The average Bonchev–Trinajstić information content (AvgIpc) is 3.03. The van der Waals surface area contributed by atoms with Crippen LogP contribution >= 0.6 is 11.8 Å². The third-order valence-corrected chi connectivity index (χ3v) is 4.84. The highest BCUT2D eigenvalue weighted by molar-refractivity contribution is 7.99. The number of nitrogens with one attached hydrogen (secondary N) is 1. The molecule has 0 radical (unpaired) electrons. The maximum Gasteiger partial charge on any atom is 0.0759 e. The molecular weight excluding hydrogens is 256 g/mol. The van der Waals surface area contributed by atoms with Gasteiger partial charge in [-0.25, -0.2) is 0 Å². The second-order valence-corrected chi connectivity index (χ2v) is 5.83. The minimum Gasteiger partial charge on any atom is -0.308 e. The van der Waals surface area contributed by atoms with E-state index in [2.05, 4.69) is 46.8 Å². The Morgan fingerprint density at radius 3 is 3.05 bits per heavy atom. The number of thioether (sulfide) groups is 1. The number of benzene rings is 1. The molecule has 1 aliphatic heterocycles. The van der Waals surface area contributed by atoms with Crippen LogP contribution < -0.4 is 5.32 Å². The van der Waals surface area contributed by atoms with Gasteiger partial charge < -0.3 is 5.32 Å². The van der Waals surface area contributed by atoms with Crippen molar-refractivity contribution in [1.29, 1.82) is 0 Å². The molecule has 1 aliphatic rings. The molecule has 0 fully saturated rings. The molecule has 2 aromatic rings. The lowest BCUT2D eigenvalue weighted by Crippen LogP contribution is -2.29. The fourth-order valence-electron chi connectivity index (χ4n) is 2.72. The Bertz CT molecular complexity index is 566. The quantitative estimate of drug-likeness (QED) is 0.929. The molecule has 1 N–H and O–H groups in total. The highest BCUT2D eigenvalue weighted by atomic mass is 32.2. The number of hydrogen-bond donors (Lipinski definition) is 1. The summed E-state index contributed by atoms with van der Waals surface area (Å²) in [5.74, 6) is 1.60. The van der Waals surface area contributed by atoms with Gasteiger partial charge in [0.25, 0.3) is 0 Å². The molecule has 1 aromatic heterocycles. The Labute approximate surface area is 117 Å². The van der Waals surface area contributed by atoms with Crippen molar-refractivity contribution in [1.82, 2.24) is 20.3 Å². The lowest BCUT2D eigenvalue weighted by Gasteiger charge is -2.24. The van der Waals surface area contributed by atoms with Gasteiger partial charge in [-0.3, -0.25) is 4.68 Å². The largest absolute Gasteiger partial charge is 0.308 e. The maximum atomic E-state index is 4.07. The zero-order valence-electron chi connectivity index (χ0n) is 11.2. The highest BCUT2D eigenvalue weighted by Crippen LogP contribution is 2.45. The lowest BCUT2D eigenvalue weighted by molar-refractivity contribution is 0.453. The van der Waals surface area contributed by atoms with E-state index < -0.39 is 0 Å². The highest BCUT2D eigenvalue weighted by Gasteiger charge is 2.32. The van der Waals surface area contributed by atoms with Gasteiger partial charge in [-0.2, -0.15) is 0 Å². The van der Waals surface area contributed by atoms with Crippen molar-refractivity contribution in [2.45, 2.75) is 23.8 Å². The summed E-state index contributed by atoms with van der Waals surface area (Å²) in [4.78, 5) is 1.41. The number of nitrogens with zero attached hydrogens (tertiary/aromatic N) is 3. The van der Waals surface area contributed by atoms with Crippen LogP contribution in [0.4, 0.5) is 0 Å². The summed E-state index contributed by atoms with van der Waals surface area (Å²) in [5, 5.41) is 11.7. The minimum atomic E-state index is 0.279. The van der Waals surface area contributed by atoms with Crippen molar-refractivity contribution in [2.75, 3.05) is 12.3 Å². The van der Waals surface area contributed by atoms with E-state index in [1.54, 1.807) is 0 Å². The fourth-order valence-corrected chi connectivity index (χ4v) is 4.01. The Morgan fingerprint density at radius 2 is 2.32 bits per heavy atom. The van der Waals surface area contributed by atoms with E-state index in [-0.39, 0.29) is 6.04 Å². The summed E-state index contributed by atoms with van der Waals surface area (Å²) in [6.07, 6.45) is 1.87. The van der Waals surface area contributed by atoms with Crippen molar-refractivity contribution in [3.63, 3.8) is 0 Å². The van der Waals surface area contributed by atoms with Crippen molar-refractivity contribution < 1.29 is 0 Å². The minimum absolute atomic E-state index is 0.279. The van der Waals surface area contributed by atoms with Crippen molar-refractivity contribution in [2.24, 2.45) is 7.05 Å². The SMILES string of the molecule is CCNC(c1cnnn1C)C1CSc2ccccc21. The zero-order chi connectivity index (χ0) is 13.2. The molecule has 19 heavy (non-hydrogen) atoms. The number of rotatable bonds is 4. The smallest absolute Gasteiger partial charge is 0.0759 e. The molecule has 4 nitrogen and oxygen atoms in total. The Balaban J connectivity index is 1.96. The van der Waals surface area contributed by atoms with Gasteiger partial charge in [0, 0.05) is 23.6 Å². The Morgan fingerprint density at radius 1 is 1.47 bits per heavy atom. The summed E-state index contributed by atoms with van der Waals surface area (Å²) in [6, 6.07) is 8.98. The molecule has 0 bridgehead atoms. The molecule has 100 valence electrons. The summed E-state index contributed by atoms with van der Waals surface area (Å²) in [5.41, 5.74) is 2.60. The van der Waals surface area contributed by atoms with E-state index >= 15 is 0 Å². The Kier molecular flexibility index (Phi) is 3.57. The molecule has 0 spiro atoms. The normalized spacial score (nSPS) is 19.4. The van der Waals surface area contributed by atoms with Crippen LogP contribution in [-0.2, 0) is 7.05 Å². The van der Waals surface area contributed by atoms with Crippen LogP contribution in [0.5, 0.6) is 0 Å². The standard InChI is InChI=1S/C14H18N4S/c1-3-15-14(12-8-16-17-18(12)2)11-9-19-13-7-5-4-6-10(11)13/h4-8,11,14-15H,3,9H2,1-2H3. The third-order valence-electron chi connectivity index (χ3n) is 3.63. The van der Waals surface area contributed by atoms with E-state index in [1.165, 1.54) is 10.5 Å². The fraction of sp³-hybridized carbons (Fsp3) is 0.429. The van der Waals surface area contributed by atoms with Gasteiger partial charge in [0.2, 0.25) is 0 Å². The van der Waals surface area contributed by atoms with Crippen molar-refractivity contribution >= 4 is 11.8 Å². The molecule has 2 unspecified atom stereocenters. The van der Waals surface area contributed by atoms with Gasteiger partial charge >= 0.3 is 0 Å². The molecule has 5 heteroatoms. The molecule has 1 aromatic carbocycles. The summed E-state index contributed by atoms with van der Waals surface area (Å²) >= 11 is 1.94. The van der Waals surface area contributed by atoms with E-state index in [0.717, 1.165) is 18.0 Å². The van der Waals surface area contributed by atoms with Gasteiger partial charge in [0.05, 0.1) is 17.9 Å². The zero-order valence-corrected chi connectivity index (χ0v) is 12.0. The van der Waals surface area contributed by atoms with Crippen LogP contribution in [0.1, 0.15) is 30.1 Å². The first-order chi connectivity index (χ1) is 9.31. The number of hydrogen-bond acceptors (Lipinski definition) is 4. The lowest BCUT2D eigenvalue weighted by atomic mass is 9.91. The van der Waals surface area contributed by atoms with E-state index in [4.69, 9.17) is 0 Å². The second kappa shape index (κ2) is 5.35.